The molecule has 0 fully saturated rings. The minimum absolute atomic E-state index is 0.0756. The van der Waals surface area contributed by atoms with Crippen LogP contribution < -0.4 is 9.47 Å². The van der Waals surface area contributed by atoms with E-state index in [2.05, 4.69) is 10.2 Å². The molecule has 0 unspecified atom stereocenters. The Hall–Kier alpha value is -2.87. The fourth-order valence-electron chi connectivity index (χ4n) is 2.29. The zero-order valence-corrected chi connectivity index (χ0v) is 13.6. The second kappa shape index (κ2) is 6.56. The third-order valence-electron chi connectivity index (χ3n) is 3.50. The number of ether oxygens (including phenoxy) is 2. The second-order valence-corrected chi connectivity index (χ2v) is 6.09. The summed E-state index contributed by atoms with van der Waals surface area (Å²) >= 11 is 1.10. The van der Waals surface area contributed by atoms with Gasteiger partial charge in [0.05, 0.1) is 5.75 Å². The van der Waals surface area contributed by atoms with Crippen molar-refractivity contribution in [1.29, 1.82) is 0 Å². The van der Waals surface area contributed by atoms with Crippen molar-refractivity contribution >= 4 is 17.5 Å². The van der Waals surface area contributed by atoms with Crippen LogP contribution in [0.2, 0.25) is 0 Å². The molecule has 0 N–H and O–H groups in total. The largest absolute Gasteiger partial charge is 0.454 e. The molecule has 0 aliphatic carbocycles. The van der Waals surface area contributed by atoms with Gasteiger partial charge in [-0.2, -0.15) is 0 Å². The van der Waals surface area contributed by atoms with Crippen LogP contribution in [0.5, 0.6) is 11.5 Å². The molecule has 0 atom stereocenters. The van der Waals surface area contributed by atoms with E-state index in [-0.39, 0.29) is 23.6 Å². The number of ketones is 1. The molecule has 8 heteroatoms. The van der Waals surface area contributed by atoms with Crippen LogP contribution in [-0.2, 0) is 0 Å². The zero-order chi connectivity index (χ0) is 17.2. The summed E-state index contributed by atoms with van der Waals surface area (Å²) in [6, 6.07) is 10.9. The molecule has 1 aromatic heterocycles. The number of hydrogen-bond donors (Lipinski definition) is 0. The van der Waals surface area contributed by atoms with Gasteiger partial charge < -0.3 is 13.9 Å². The molecule has 1 aliphatic heterocycles. The molecule has 4 rings (SSSR count). The lowest BCUT2D eigenvalue weighted by molar-refractivity contribution is 0.102. The van der Waals surface area contributed by atoms with E-state index in [1.165, 1.54) is 18.2 Å². The van der Waals surface area contributed by atoms with Gasteiger partial charge in [0, 0.05) is 11.1 Å². The second-order valence-electron chi connectivity index (χ2n) is 5.16. The van der Waals surface area contributed by atoms with E-state index in [0.29, 0.717) is 28.5 Å². The summed E-state index contributed by atoms with van der Waals surface area (Å²) in [5, 5.41) is 8.15. The van der Waals surface area contributed by atoms with Crippen molar-refractivity contribution in [1.82, 2.24) is 10.2 Å². The maximum atomic E-state index is 13.2. The highest BCUT2D eigenvalue weighted by molar-refractivity contribution is 7.99. The number of halogens is 1. The van der Waals surface area contributed by atoms with E-state index in [1.54, 1.807) is 24.3 Å². The molecule has 3 aromatic rings. The van der Waals surface area contributed by atoms with Crippen LogP contribution in [0.25, 0.3) is 11.5 Å². The van der Waals surface area contributed by atoms with Gasteiger partial charge in [0.25, 0.3) is 5.22 Å². The van der Waals surface area contributed by atoms with E-state index in [9.17, 15) is 9.18 Å². The van der Waals surface area contributed by atoms with E-state index >= 15 is 0 Å². The van der Waals surface area contributed by atoms with Crippen molar-refractivity contribution in [3.8, 4) is 23.0 Å². The minimum Gasteiger partial charge on any atom is -0.454 e. The number of Topliss-reactive ketones (excluding diaryl/α,β-unsaturated/α-hetero) is 1. The van der Waals surface area contributed by atoms with Gasteiger partial charge in [0.2, 0.25) is 12.7 Å². The quantitative estimate of drug-likeness (QED) is 0.510. The van der Waals surface area contributed by atoms with Crippen LogP contribution in [-0.4, -0.2) is 28.5 Å². The Morgan fingerprint density at radius 2 is 2.00 bits per heavy atom. The summed E-state index contributed by atoms with van der Waals surface area (Å²) in [6.45, 7) is 0.186. The lowest BCUT2D eigenvalue weighted by Gasteiger charge is -1.99. The summed E-state index contributed by atoms with van der Waals surface area (Å²) in [6.07, 6.45) is 0. The monoisotopic (exact) mass is 358 g/mol. The number of thioether (sulfide) groups is 1. The highest BCUT2D eigenvalue weighted by atomic mass is 32.2. The van der Waals surface area contributed by atoms with E-state index in [1.807, 2.05) is 0 Å². The molecule has 0 bridgehead atoms. The number of nitrogens with zero attached hydrogens (tertiary/aromatic N) is 2. The van der Waals surface area contributed by atoms with Crippen LogP contribution in [0.1, 0.15) is 10.4 Å². The molecule has 1 aliphatic rings. The number of carbonyl (C=O) groups is 1. The summed E-state index contributed by atoms with van der Waals surface area (Å²) in [5.74, 6) is 1.02. The first-order chi connectivity index (χ1) is 12.2. The van der Waals surface area contributed by atoms with Gasteiger partial charge in [0.1, 0.15) is 5.82 Å². The highest BCUT2D eigenvalue weighted by Crippen LogP contribution is 2.36. The van der Waals surface area contributed by atoms with Crippen molar-refractivity contribution in [2.45, 2.75) is 5.22 Å². The molecule has 0 saturated carbocycles. The van der Waals surface area contributed by atoms with Crippen LogP contribution in [0, 0.1) is 5.82 Å². The molecule has 25 heavy (non-hydrogen) atoms. The molecular weight excluding hydrogens is 347 g/mol. The van der Waals surface area contributed by atoms with Gasteiger partial charge in [-0.3, -0.25) is 4.79 Å². The number of benzene rings is 2. The third kappa shape index (κ3) is 3.34. The van der Waals surface area contributed by atoms with Gasteiger partial charge in [-0.05, 0) is 30.3 Å². The maximum Gasteiger partial charge on any atom is 0.277 e. The zero-order valence-electron chi connectivity index (χ0n) is 12.8. The molecule has 6 nitrogen and oxygen atoms in total. The molecule has 0 amide bonds. The van der Waals surface area contributed by atoms with Crippen LogP contribution >= 0.6 is 11.8 Å². The average molecular weight is 358 g/mol. The number of rotatable bonds is 5. The summed E-state index contributed by atoms with van der Waals surface area (Å²) in [7, 11) is 0. The lowest BCUT2D eigenvalue weighted by atomic mass is 10.1. The minimum atomic E-state index is -0.446. The molecule has 2 aromatic carbocycles. The van der Waals surface area contributed by atoms with E-state index in [0.717, 1.165) is 11.8 Å². The smallest absolute Gasteiger partial charge is 0.277 e. The Balaban J connectivity index is 1.44. The van der Waals surface area contributed by atoms with Crippen molar-refractivity contribution in [2.24, 2.45) is 0 Å². The molecule has 0 spiro atoms. The van der Waals surface area contributed by atoms with E-state index in [4.69, 9.17) is 13.9 Å². The Labute approximate surface area is 146 Å². The Morgan fingerprint density at radius 3 is 2.88 bits per heavy atom. The van der Waals surface area contributed by atoms with Gasteiger partial charge in [-0.15, -0.1) is 10.2 Å². The van der Waals surface area contributed by atoms with Crippen LogP contribution in [0.4, 0.5) is 4.39 Å². The SMILES string of the molecule is O=C(CSc1nnc(-c2ccc3c(c2)OCO3)o1)c1cccc(F)c1. The average Bonchev–Trinajstić information content (AvgIpc) is 3.28. The molecule has 2 heterocycles. The molecule has 0 saturated heterocycles. The lowest BCUT2D eigenvalue weighted by Crippen LogP contribution is -2.02. The van der Waals surface area contributed by atoms with Gasteiger partial charge in [0.15, 0.2) is 17.3 Å². The van der Waals surface area contributed by atoms with Crippen molar-refractivity contribution in [2.75, 3.05) is 12.5 Å². The number of aromatic nitrogens is 2. The maximum absolute atomic E-state index is 13.2. The Bertz CT molecular complexity index is 944. The van der Waals surface area contributed by atoms with Gasteiger partial charge in [-0.25, -0.2) is 4.39 Å². The van der Waals surface area contributed by atoms with Crippen molar-refractivity contribution < 1.29 is 23.1 Å². The third-order valence-corrected chi connectivity index (χ3v) is 4.32. The normalized spacial score (nSPS) is 12.4. The van der Waals surface area contributed by atoms with E-state index < -0.39 is 5.82 Å². The Morgan fingerprint density at radius 1 is 1.12 bits per heavy atom. The van der Waals surface area contributed by atoms with Crippen LogP contribution in [0.15, 0.2) is 52.1 Å². The highest BCUT2D eigenvalue weighted by Gasteiger charge is 2.17. The predicted molar refractivity (Wildman–Crippen MR) is 87.3 cm³/mol. The number of hydrogen-bond acceptors (Lipinski definition) is 7. The first-order valence-electron chi connectivity index (χ1n) is 7.34. The summed E-state index contributed by atoms with van der Waals surface area (Å²) in [4.78, 5) is 12.1. The first kappa shape index (κ1) is 15.6. The summed E-state index contributed by atoms with van der Waals surface area (Å²) < 4.78 is 29.3. The standard InChI is InChI=1S/C17H11FN2O4S/c18-12-3-1-2-10(6-12)13(21)8-25-17-20-19-16(24-17)11-4-5-14-15(7-11)23-9-22-14/h1-7H,8-9H2. The molecule has 126 valence electrons. The molecular formula is C17H11FN2O4S. The van der Waals surface area contributed by atoms with Crippen molar-refractivity contribution in [3.05, 3.63) is 53.8 Å². The first-order valence-corrected chi connectivity index (χ1v) is 8.33. The predicted octanol–water partition coefficient (Wildman–Crippen LogP) is 3.58. The Kier molecular flexibility index (Phi) is 4.10. The van der Waals surface area contributed by atoms with Crippen molar-refractivity contribution in [3.63, 3.8) is 0 Å². The number of carbonyl (C=O) groups excluding carboxylic acids is 1. The fraction of sp³-hybridized carbons (Fsp3) is 0.118. The number of fused-ring (bicyclic) bond motifs is 1. The van der Waals surface area contributed by atoms with Gasteiger partial charge >= 0.3 is 0 Å². The van der Waals surface area contributed by atoms with Crippen LogP contribution in [0.3, 0.4) is 0 Å². The summed E-state index contributed by atoms with van der Waals surface area (Å²) in [5.41, 5.74) is 1.00. The topological polar surface area (TPSA) is 74.5 Å². The van der Waals surface area contributed by atoms with Gasteiger partial charge in [-0.1, -0.05) is 23.9 Å². The molecule has 0 radical (unpaired) electrons. The fourth-order valence-corrected chi connectivity index (χ4v) is 2.94.